The van der Waals surface area contributed by atoms with Crippen molar-refractivity contribution >= 4 is 23.1 Å². The van der Waals surface area contributed by atoms with E-state index in [0.717, 1.165) is 0 Å². The molecule has 1 aromatic carbocycles. The molecule has 0 atom stereocenters. The third kappa shape index (κ3) is 2.68. The van der Waals surface area contributed by atoms with Gasteiger partial charge in [0.15, 0.2) is 17.5 Å². The van der Waals surface area contributed by atoms with E-state index < -0.39 is 17.6 Å². The predicted molar refractivity (Wildman–Crippen MR) is 58.8 cm³/mol. The summed E-state index contributed by atoms with van der Waals surface area (Å²) < 4.78 is 38.7. The number of hydrogen-bond acceptors (Lipinski definition) is 2. The Morgan fingerprint density at radius 2 is 1.65 bits per heavy atom. The molecule has 1 heterocycles. The number of aromatic nitrogens is 1. The number of pyridine rings is 1. The molecule has 0 unspecified atom stereocenters. The standard InChI is InChI=1S/C11H6ClF3N2/c12-6-1-3-7(4-2-6)16-11-9(14)5-8(13)10(15)17-11/h1-5H,(H,16,17). The Morgan fingerprint density at radius 3 is 2.29 bits per heavy atom. The van der Waals surface area contributed by atoms with Gasteiger partial charge in [0.05, 0.1) is 0 Å². The maximum atomic E-state index is 13.2. The van der Waals surface area contributed by atoms with E-state index in [-0.39, 0.29) is 5.82 Å². The molecule has 0 aliphatic carbocycles. The Morgan fingerprint density at radius 1 is 1.00 bits per heavy atom. The van der Waals surface area contributed by atoms with Gasteiger partial charge >= 0.3 is 0 Å². The normalized spacial score (nSPS) is 10.4. The van der Waals surface area contributed by atoms with Crippen LogP contribution in [0.1, 0.15) is 0 Å². The second-order valence-corrected chi connectivity index (χ2v) is 3.66. The van der Waals surface area contributed by atoms with Crippen molar-refractivity contribution in [2.24, 2.45) is 0 Å². The van der Waals surface area contributed by atoms with Crippen LogP contribution in [-0.4, -0.2) is 4.98 Å². The molecule has 1 aromatic heterocycles. The van der Waals surface area contributed by atoms with Crippen LogP contribution in [0, 0.1) is 17.6 Å². The van der Waals surface area contributed by atoms with Crippen LogP contribution in [0.5, 0.6) is 0 Å². The van der Waals surface area contributed by atoms with Crippen molar-refractivity contribution in [3.8, 4) is 0 Å². The van der Waals surface area contributed by atoms with E-state index in [9.17, 15) is 13.2 Å². The number of benzene rings is 1. The second kappa shape index (κ2) is 4.63. The van der Waals surface area contributed by atoms with Crippen LogP contribution >= 0.6 is 11.6 Å². The fourth-order valence-electron chi connectivity index (χ4n) is 1.20. The Balaban J connectivity index is 2.30. The first-order valence-corrected chi connectivity index (χ1v) is 4.98. The number of nitrogens with one attached hydrogen (secondary N) is 1. The third-order valence-electron chi connectivity index (χ3n) is 1.99. The molecule has 0 bridgehead atoms. The number of nitrogens with zero attached hydrogens (tertiary/aromatic N) is 1. The highest BCUT2D eigenvalue weighted by atomic mass is 35.5. The van der Waals surface area contributed by atoms with Crippen molar-refractivity contribution in [3.05, 3.63) is 52.9 Å². The van der Waals surface area contributed by atoms with Crippen LogP contribution < -0.4 is 5.32 Å². The Labute approximate surface area is 100 Å². The minimum atomic E-state index is -1.36. The Hall–Kier alpha value is -1.75. The maximum absolute atomic E-state index is 13.2. The van der Waals surface area contributed by atoms with Crippen molar-refractivity contribution < 1.29 is 13.2 Å². The second-order valence-electron chi connectivity index (χ2n) is 3.22. The summed E-state index contributed by atoms with van der Waals surface area (Å²) in [4.78, 5) is 3.13. The highest BCUT2D eigenvalue weighted by Gasteiger charge is 2.11. The van der Waals surface area contributed by atoms with Crippen molar-refractivity contribution in [1.29, 1.82) is 0 Å². The fraction of sp³-hybridized carbons (Fsp3) is 0. The van der Waals surface area contributed by atoms with E-state index in [1.165, 1.54) is 0 Å². The molecule has 0 saturated carbocycles. The van der Waals surface area contributed by atoms with E-state index >= 15 is 0 Å². The van der Waals surface area contributed by atoms with E-state index in [1.54, 1.807) is 24.3 Å². The SMILES string of the molecule is Fc1cc(F)c(Nc2ccc(Cl)cc2)nc1F. The molecule has 2 rings (SSSR count). The zero-order valence-corrected chi connectivity index (χ0v) is 9.10. The highest BCUT2D eigenvalue weighted by molar-refractivity contribution is 6.30. The lowest BCUT2D eigenvalue weighted by Crippen LogP contribution is -2.01. The van der Waals surface area contributed by atoms with E-state index in [0.29, 0.717) is 16.8 Å². The molecule has 17 heavy (non-hydrogen) atoms. The van der Waals surface area contributed by atoms with E-state index in [4.69, 9.17) is 11.6 Å². The summed E-state index contributed by atoms with van der Waals surface area (Å²) in [6, 6.07) is 6.69. The van der Waals surface area contributed by atoms with Gasteiger partial charge in [0.1, 0.15) is 0 Å². The topological polar surface area (TPSA) is 24.9 Å². The monoisotopic (exact) mass is 258 g/mol. The largest absolute Gasteiger partial charge is 0.338 e. The van der Waals surface area contributed by atoms with Crippen molar-refractivity contribution in [1.82, 2.24) is 4.98 Å². The van der Waals surface area contributed by atoms with E-state index in [2.05, 4.69) is 10.3 Å². The average molecular weight is 259 g/mol. The van der Waals surface area contributed by atoms with Gasteiger partial charge in [-0.25, -0.2) is 8.78 Å². The molecule has 2 nitrogen and oxygen atoms in total. The number of halogens is 4. The number of rotatable bonds is 2. The van der Waals surface area contributed by atoms with Gasteiger partial charge in [-0.1, -0.05) is 11.6 Å². The molecule has 0 amide bonds. The summed E-state index contributed by atoms with van der Waals surface area (Å²) in [5.74, 6) is -4.04. The minimum absolute atomic E-state index is 0.383. The van der Waals surface area contributed by atoms with Gasteiger partial charge in [0.25, 0.3) is 5.95 Å². The molecule has 88 valence electrons. The fourth-order valence-corrected chi connectivity index (χ4v) is 1.33. The van der Waals surface area contributed by atoms with Crippen molar-refractivity contribution in [2.45, 2.75) is 0 Å². The molecule has 0 fully saturated rings. The maximum Gasteiger partial charge on any atom is 0.251 e. The first kappa shape index (κ1) is 11.7. The molecular formula is C11H6ClF3N2. The lowest BCUT2D eigenvalue weighted by Gasteiger charge is -2.06. The lowest BCUT2D eigenvalue weighted by atomic mass is 10.3. The van der Waals surface area contributed by atoms with Crippen molar-refractivity contribution in [2.75, 3.05) is 5.32 Å². The van der Waals surface area contributed by atoms with Crippen LogP contribution in [-0.2, 0) is 0 Å². The summed E-state index contributed by atoms with van der Waals surface area (Å²) in [6.07, 6.45) is 0. The molecule has 1 N–H and O–H groups in total. The van der Waals surface area contributed by atoms with Crippen LogP contribution in [0.3, 0.4) is 0 Å². The first-order valence-electron chi connectivity index (χ1n) is 4.60. The summed E-state index contributed by atoms with van der Waals surface area (Å²) >= 11 is 5.66. The molecule has 6 heteroatoms. The summed E-state index contributed by atoms with van der Waals surface area (Å²) in [5.41, 5.74) is 0.465. The zero-order chi connectivity index (χ0) is 12.4. The predicted octanol–water partition coefficient (Wildman–Crippen LogP) is 3.90. The van der Waals surface area contributed by atoms with Crippen LogP contribution in [0.4, 0.5) is 24.7 Å². The highest BCUT2D eigenvalue weighted by Crippen LogP contribution is 2.20. The molecule has 0 saturated heterocycles. The Bertz CT molecular complexity index is 543. The third-order valence-corrected chi connectivity index (χ3v) is 2.25. The quantitative estimate of drug-likeness (QED) is 0.827. The van der Waals surface area contributed by atoms with Crippen LogP contribution in [0.25, 0.3) is 0 Å². The van der Waals surface area contributed by atoms with Gasteiger partial charge < -0.3 is 5.32 Å². The molecule has 0 aliphatic heterocycles. The molecule has 0 radical (unpaired) electrons. The van der Waals surface area contributed by atoms with E-state index in [1.807, 2.05) is 0 Å². The van der Waals surface area contributed by atoms with Gasteiger partial charge in [-0.3, -0.25) is 0 Å². The Kier molecular flexibility index (Phi) is 3.19. The van der Waals surface area contributed by atoms with Gasteiger partial charge in [-0.05, 0) is 24.3 Å². The molecule has 2 aromatic rings. The lowest BCUT2D eigenvalue weighted by molar-refractivity contribution is 0.467. The summed E-state index contributed by atoms with van der Waals surface area (Å²) in [6.45, 7) is 0. The van der Waals surface area contributed by atoms with Gasteiger partial charge in [-0.15, -0.1) is 0 Å². The van der Waals surface area contributed by atoms with Gasteiger partial charge in [0, 0.05) is 16.8 Å². The average Bonchev–Trinajstić information content (AvgIpc) is 2.29. The summed E-state index contributed by atoms with van der Waals surface area (Å²) in [5, 5.41) is 3.02. The molecule has 0 spiro atoms. The number of hydrogen-bond donors (Lipinski definition) is 1. The number of anilines is 2. The minimum Gasteiger partial charge on any atom is -0.338 e. The first-order chi connectivity index (χ1) is 8.06. The molecular weight excluding hydrogens is 253 g/mol. The molecule has 0 aliphatic rings. The van der Waals surface area contributed by atoms with Gasteiger partial charge in [-0.2, -0.15) is 9.37 Å². The van der Waals surface area contributed by atoms with Crippen LogP contribution in [0.2, 0.25) is 5.02 Å². The van der Waals surface area contributed by atoms with Crippen molar-refractivity contribution in [3.63, 3.8) is 0 Å². The summed E-state index contributed by atoms with van der Waals surface area (Å²) in [7, 11) is 0. The van der Waals surface area contributed by atoms with Crippen LogP contribution in [0.15, 0.2) is 30.3 Å². The zero-order valence-electron chi connectivity index (χ0n) is 8.35. The van der Waals surface area contributed by atoms with Gasteiger partial charge in [0.2, 0.25) is 0 Å². The smallest absolute Gasteiger partial charge is 0.251 e.